The smallest absolute Gasteiger partial charge is 0.170 e. The Labute approximate surface area is 139 Å². The molecular formula is C18H18FN5. The Kier molecular flexibility index (Phi) is 3.94. The Morgan fingerprint density at radius 2 is 1.92 bits per heavy atom. The van der Waals surface area contributed by atoms with Gasteiger partial charge in [-0.3, -0.25) is 0 Å². The number of rotatable bonds is 4. The van der Waals surface area contributed by atoms with E-state index in [0.717, 1.165) is 42.0 Å². The van der Waals surface area contributed by atoms with E-state index in [2.05, 4.69) is 32.6 Å². The van der Waals surface area contributed by atoms with Crippen LogP contribution in [0.25, 0.3) is 0 Å². The summed E-state index contributed by atoms with van der Waals surface area (Å²) in [6.07, 6.45) is 1.93. The van der Waals surface area contributed by atoms with Crippen LogP contribution in [-0.4, -0.2) is 26.8 Å². The third-order valence-corrected chi connectivity index (χ3v) is 4.37. The molecule has 0 N–H and O–H groups in total. The molecule has 5 nitrogen and oxygen atoms in total. The zero-order valence-corrected chi connectivity index (χ0v) is 13.3. The van der Waals surface area contributed by atoms with Crippen LogP contribution in [-0.2, 0) is 19.5 Å². The van der Waals surface area contributed by atoms with Crippen molar-refractivity contribution in [2.45, 2.75) is 25.9 Å². The lowest BCUT2D eigenvalue weighted by Gasteiger charge is -2.30. The van der Waals surface area contributed by atoms with Crippen LogP contribution in [0.3, 0.4) is 0 Å². The summed E-state index contributed by atoms with van der Waals surface area (Å²) in [5.74, 6) is 0.639. The highest BCUT2D eigenvalue weighted by atomic mass is 19.1. The molecule has 0 saturated heterocycles. The molecule has 1 aliphatic rings. The van der Waals surface area contributed by atoms with E-state index >= 15 is 0 Å². The maximum atomic E-state index is 13.5. The van der Waals surface area contributed by atoms with E-state index in [9.17, 15) is 4.39 Å². The van der Waals surface area contributed by atoms with Crippen molar-refractivity contribution in [3.8, 4) is 0 Å². The third-order valence-electron chi connectivity index (χ3n) is 4.37. The zero-order chi connectivity index (χ0) is 16.4. The van der Waals surface area contributed by atoms with Gasteiger partial charge < -0.3 is 4.90 Å². The van der Waals surface area contributed by atoms with Crippen LogP contribution >= 0.6 is 0 Å². The van der Waals surface area contributed by atoms with Gasteiger partial charge in [-0.15, -0.1) is 5.10 Å². The van der Waals surface area contributed by atoms with Gasteiger partial charge in [-0.05, 0) is 52.6 Å². The molecule has 122 valence electrons. The summed E-state index contributed by atoms with van der Waals surface area (Å²) in [5.41, 5.74) is 3.30. The molecule has 1 aromatic heterocycles. The molecule has 0 amide bonds. The third kappa shape index (κ3) is 2.99. The summed E-state index contributed by atoms with van der Waals surface area (Å²) in [6, 6.07) is 15.1. The average Bonchev–Trinajstić information content (AvgIpc) is 3.02. The summed E-state index contributed by atoms with van der Waals surface area (Å²) < 4.78 is 15.3. The van der Waals surface area contributed by atoms with Crippen LogP contribution in [0.1, 0.15) is 23.4 Å². The fourth-order valence-corrected chi connectivity index (χ4v) is 3.19. The molecule has 1 aliphatic heterocycles. The monoisotopic (exact) mass is 323 g/mol. The van der Waals surface area contributed by atoms with Gasteiger partial charge in [-0.1, -0.05) is 30.3 Å². The maximum absolute atomic E-state index is 13.5. The first-order valence-corrected chi connectivity index (χ1v) is 8.12. The number of halogens is 1. The van der Waals surface area contributed by atoms with Crippen molar-refractivity contribution in [2.24, 2.45) is 0 Å². The first-order valence-electron chi connectivity index (χ1n) is 8.12. The number of tetrazole rings is 1. The molecule has 4 rings (SSSR count). The fraction of sp³-hybridized carbons (Fsp3) is 0.278. The molecule has 0 atom stereocenters. The lowest BCUT2D eigenvalue weighted by molar-refractivity contribution is 0.591. The Balaban J connectivity index is 1.56. The van der Waals surface area contributed by atoms with Crippen LogP contribution in [0, 0.1) is 5.82 Å². The lowest BCUT2D eigenvalue weighted by Crippen LogP contribution is -2.30. The minimum Gasteiger partial charge on any atom is -0.364 e. The average molecular weight is 323 g/mol. The summed E-state index contributed by atoms with van der Waals surface area (Å²) in [6.45, 7) is 2.20. The topological polar surface area (TPSA) is 46.8 Å². The largest absolute Gasteiger partial charge is 0.364 e. The minimum atomic E-state index is -0.176. The van der Waals surface area contributed by atoms with E-state index in [1.54, 1.807) is 6.07 Å². The summed E-state index contributed by atoms with van der Waals surface area (Å²) in [5, 5.41) is 12.1. The number of benzene rings is 2. The van der Waals surface area contributed by atoms with Crippen LogP contribution in [0.2, 0.25) is 0 Å². The predicted octanol–water partition coefficient (Wildman–Crippen LogP) is 2.81. The fourth-order valence-electron chi connectivity index (χ4n) is 3.19. The van der Waals surface area contributed by atoms with E-state index in [1.165, 1.54) is 6.07 Å². The first kappa shape index (κ1) is 14.8. The number of hydrogen-bond acceptors (Lipinski definition) is 4. The molecule has 2 heterocycles. The maximum Gasteiger partial charge on any atom is 0.170 e. The standard InChI is InChI=1S/C18H18FN5/c19-16-8-9-17-15(11-16)7-4-10-23(17)13-18-20-21-22-24(18)12-14-5-2-1-3-6-14/h1-3,5-6,8-9,11H,4,7,10,12-13H2. The van der Waals surface area contributed by atoms with Gasteiger partial charge in [0.15, 0.2) is 5.82 Å². The highest BCUT2D eigenvalue weighted by Gasteiger charge is 2.20. The summed E-state index contributed by atoms with van der Waals surface area (Å²) >= 11 is 0. The number of aryl methyl sites for hydroxylation is 1. The molecule has 0 fully saturated rings. The van der Waals surface area contributed by atoms with Crippen LogP contribution < -0.4 is 4.90 Å². The van der Waals surface area contributed by atoms with Crippen molar-refractivity contribution in [1.29, 1.82) is 0 Å². The van der Waals surface area contributed by atoms with Gasteiger partial charge in [-0.25, -0.2) is 9.07 Å². The summed E-state index contributed by atoms with van der Waals surface area (Å²) in [4.78, 5) is 2.23. The molecule has 0 aliphatic carbocycles. The molecule has 0 bridgehead atoms. The minimum absolute atomic E-state index is 0.176. The van der Waals surface area contributed by atoms with E-state index in [0.29, 0.717) is 13.1 Å². The van der Waals surface area contributed by atoms with E-state index in [-0.39, 0.29) is 5.82 Å². The van der Waals surface area contributed by atoms with E-state index in [1.807, 2.05) is 28.9 Å². The van der Waals surface area contributed by atoms with Crippen molar-refractivity contribution in [1.82, 2.24) is 20.2 Å². The van der Waals surface area contributed by atoms with Crippen LogP contribution in [0.5, 0.6) is 0 Å². The highest BCUT2D eigenvalue weighted by molar-refractivity contribution is 5.55. The second kappa shape index (κ2) is 6.39. The predicted molar refractivity (Wildman–Crippen MR) is 89.1 cm³/mol. The number of hydrogen-bond donors (Lipinski definition) is 0. The van der Waals surface area contributed by atoms with Gasteiger partial charge in [0.25, 0.3) is 0 Å². The molecule has 3 aromatic rings. The van der Waals surface area contributed by atoms with Crippen molar-refractivity contribution < 1.29 is 4.39 Å². The van der Waals surface area contributed by atoms with E-state index < -0.39 is 0 Å². The van der Waals surface area contributed by atoms with Gasteiger partial charge in [0.05, 0.1) is 13.1 Å². The second-order valence-electron chi connectivity index (χ2n) is 6.04. The number of anilines is 1. The lowest BCUT2D eigenvalue weighted by atomic mass is 10.0. The molecule has 24 heavy (non-hydrogen) atoms. The highest BCUT2D eigenvalue weighted by Crippen LogP contribution is 2.28. The molecule has 0 radical (unpaired) electrons. The number of nitrogens with zero attached hydrogens (tertiary/aromatic N) is 5. The summed E-state index contributed by atoms with van der Waals surface area (Å²) in [7, 11) is 0. The quantitative estimate of drug-likeness (QED) is 0.741. The molecule has 0 unspecified atom stereocenters. The number of aromatic nitrogens is 4. The van der Waals surface area contributed by atoms with Crippen molar-refractivity contribution in [3.05, 3.63) is 71.3 Å². The SMILES string of the molecule is Fc1ccc2c(c1)CCCN2Cc1nnnn1Cc1ccccc1. The van der Waals surface area contributed by atoms with Crippen LogP contribution in [0.15, 0.2) is 48.5 Å². The first-order chi connectivity index (χ1) is 11.8. The number of fused-ring (bicyclic) bond motifs is 1. The molecule has 6 heteroatoms. The van der Waals surface area contributed by atoms with Gasteiger partial charge in [-0.2, -0.15) is 0 Å². The van der Waals surface area contributed by atoms with Crippen molar-refractivity contribution >= 4 is 5.69 Å². The zero-order valence-electron chi connectivity index (χ0n) is 13.3. The second-order valence-corrected chi connectivity index (χ2v) is 6.04. The molecule has 0 saturated carbocycles. The van der Waals surface area contributed by atoms with E-state index in [4.69, 9.17) is 0 Å². The Morgan fingerprint density at radius 3 is 2.79 bits per heavy atom. The Hall–Kier alpha value is -2.76. The van der Waals surface area contributed by atoms with Crippen LogP contribution in [0.4, 0.5) is 10.1 Å². The normalized spacial score (nSPS) is 13.8. The Bertz CT molecular complexity index is 830. The van der Waals surface area contributed by atoms with Gasteiger partial charge in [0, 0.05) is 12.2 Å². The molecule has 2 aromatic carbocycles. The Morgan fingerprint density at radius 1 is 1.04 bits per heavy atom. The molecule has 0 spiro atoms. The molecular weight excluding hydrogens is 305 g/mol. The van der Waals surface area contributed by atoms with Gasteiger partial charge in [0.1, 0.15) is 5.82 Å². The van der Waals surface area contributed by atoms with Gasteiger partial charge in [0.2, 0.25) is 0 Å². The van der Waals surface area contributed by atoms with Gasteiger partial charge >= 0.3 is 0 Å². The van der Waals surface area contributed by atoms with Crippen molar-refractivity contribution in [3.63, 3.8) is 0 Å². The van der Waals surface area contributed by atoms with Crippen molar-refractivity contribution in [2.75, 3.05) is 11.4 Å².